The Bertz CT molecular complexity index is 1130. The molecule has 34 heavy (non-hydrogen) atoms. The Hall–Kier alpha value is -2.99. The van der Waals surface area contributed by atoms with Crippen LogP contribution in [0.1, 0.15) is 48.3 Å². The summed E-state index contributed by atoms with van der Waals surface area (Å²) in [5, 5.41) is 0. The van der Waals surface area contributed by atoms with Crippen LogP contribution >= 0.6 is 15.9 Å². The minimum atomic E-state index is -0.213. The minimum Gasteiger partial charge on any atom is -0.494 e. The van der Waals surface area contributed by atoms with Gasteiger partial charge in [0, 0.05) is 16.6 Å². The van der Waals surface area contributed by atoms with Crippen LogP contribution in [-0.4, -0.2) is 36.7 Å². The zero-order valence-corrected chi connectivity index (χ0v) is 21.4. The molecule has 0 spiro atoms. The molecular formula is C28H30BrNO4. The highest BCUT2D eigenvalue weighted by atomic mass is 79.9. The maximum absolute atomic E-state index is 13.5. The third kappa shape index (κ3) is 5.73. The number of ether oxygens (including phenoxy) is 3. The maximum Gasteiger partial charge on any atom is 0.254 e. The van der Waals surface area contributed by atoms with Crippen LogP contribution in [0, 0.1) is 0 Å². The highest BCUT2D eigenvalue weighted by Crippen LogP contribution is 2.34. The lowest BCUT2D eigenvalue weighted by Gasteiger charge is -2.37. The summed E-state index contributed by atoms with van der Waals surface area (Å²) < 4.78 is 18.5. The van der Waals surface area contributed by atoms with Crippen LogP contribution in [0.2, 0.25) is 0 Å². The lowest BCUT2D eigenvalue weighted by atomic mass is 9.92. The summed E-state index contributed by atoms with van der Waals surface area (Å²) in [6.07, 6.45) is 0.874. The predicted octanol–water partition coefficient (Wildman–Crippen LogP) is 6.45. The molecule has 1 atom stereocenters. The molecule has 1 amide bonds. The zero-order valence-electron chi connectivity index (χ0n) is 19.8. The molecule has 178 valence electrons. The first-order valence-corrected chi connectivity index (χ1v) is 12.5. The summed E-state index contributed by atoms with van der Waals surface area (Å²) >= 11 is 3.48. The smallest absolute Gasteiger partial charge is 0.254 e. The van der Waals surface area contributed by atoms with E-state index < -0.39 is 0 Å². The van der Waals surface area contributed by atoms with Crippen molar-refractivity contribution in [2.45, 2.75) is 39.3 Å². The van der Waals surface area contributed by atoms with Gasteiger partial charge in [-0.25, -0.2) is 0 Å². The van der Waals surface area contributed by atoms with E-state index in [2.05, 4.69) is 28.1 Å². The summed E-state index contributed by atoms with van der Waals surface area (Å²) in [5.41, 5.74) is 2.94. The molecule has 0 saturated carbocycles. The standard InChI is InChI=1S/C28H30BrNO4/c1-4-32-23-8-10-24(11-9-23)33-18-27-26-13-12-25(34-19(2)3)17-20(26)14-15-30(27)28(31)21-6-5-7-22(29)16-21/h5-13,16-17,19,27H,4,14-15,18H2,1-3H3. The fourth-order valence-corrected chi connectivity index (χ4v) is 4.62. The molecule has 0 bridgehead atoms. The lowest BCUT2D eigenvalue weighted by molar-refractivity contribution is 0.0589. The van der Waals surface area contributed by atoms with Gasteiger partial charge in [0.05, 0.1) is 18.8 Å². The number of nitrogens with zero attached hydrogens (tertiary/aromatic N) is 1. The second-order valence-electron chi connectivity index (χ2n) is 8.52. The average molecular weight is 524 g/mol. The largest absolute Gasteiger partial charge is 0.494 e. The average Bonchev–Trinajstić information content (AvgIpc) is 2.82. The first kappa shape index (κ1) is 24.1. The van der Waals surface area contributed by atoms with Gasteiger partial charge in [-0.1, -0.05) is 28.1 Å². The molecule has 1 aliphatic heterocycles. The van der Waals surface area contributed by atoms with E-state index >= 15 is 0 Å². The van der Waals surface area contributed by atoms with Crippen molar-refractivity contribution in [3.8, 4) is 17.2 Å². The second-order valence-corrected chi connectivity index (χ2v) is 9.43. The van der Waals surface area contributed by atoms with E-state index in [1.54, 1.807) is 0 Å². The monoisotopic (exact) mass is 523 g/mol. The number of carbonyl (C=O) groups excluding carboxylic acids is 1. The molecule has 0 saturated heterocycles. The summed E-state index contributed by atoms with van der Waals surface area (Å²) in [6.45, 7) is 7.58. The summed E-state index contributed by atoms with van der Waals surface area (Å²) in [4.78, 5) is 15.4. The normalized spacial score (nSPS) is 15.1. The Labute approximate surface area is 209 Å². The van der Waals surface area contributed by atoms with Gasteiger partial charge in [0.1, 0.15) is 23.9 Å². The summed E-state index contributed by atoms with van der Waals surface area (Å²) in [7, 11) is 0. The van der Waals surface area contributed by atoms with E-state index in [4.69, 9.17) is 14.2 Å². The Balaban J connectivity index is 1.61. The van der Waals surface area contributed by atoms with E-state index in [1.165, 1.54) is 5.56 Å². The van der Waals surface area contributed by atoms with Gasteiger partial charge in [-0.05, 0) is 92.9 Å². The van der Waals surface area contributed by atoms with E-state index in [-0.39, 0.29) is 18.1 Å². The molecule has 3 aromatic carbocycles. The molecule has 1 aliphatic rings. The van der Waals surface area contributed by atoms with Gasteiger partial charge >= 0.3 is 0 Å². The third-order valence-electron chi connectivity index (χ3n) is 5.72. The van der Waals surface area contributed by atoms with Crippen LogP contribution in [0.25, 0.3) is 0 Å². The summed E-state index contributed by atoms with van der Waals surface area (Å²) in [6, 6.07) is 21.0. The Morgan fingerprint density at radius 1 is 1.00 bits per heavy atom. The number of rotatable bonds is 8. The predicted molar refractivity (Wildman–Crippen MR) is 137 cm³/mol. The number of hydrogen-bond acceptors (Lipinski definition) is 4. The Kier molecular flexibility index (Phi) is 7.78. The van der Waals surface area contributed by atoms with Crippen molar-refractivity contribution in [1.82, 2.24) is 4.90 Å². The minimum absolute atomic E-state index is 0.00486. The Morgan fingerprint density at radius 3 is 2.38 bits per heavy atom. The second kappa shape index (κ2) is 11.0. The molecule has 0 aliphatic carbocycles. The molecule has 1 heterocycles. The van der Waals surface area contributed by atoms with Crippen LogP contribution in [0.4, 0.5) is 0 Å². The van der Waals surface area contributed by atoms with Gasteiger partial charge in [0.15, 0.2) is 0 Å². The number of benzene rings is 3. The molecule has 0 N–H and O–H groups in total. The number of carbonyl (C=O) groups is 1. The van der Waals surface area contributed by atoms with Crippen molar-refractivity contribution in [2.24, 2.45) is 0 Å². The van der Waals surface area contributed by atoms with Crippen LogP contribution in [0.5, 0.6) is 17.2 Å². The molecule has 0 radical (unpaired) electrons. The number of fused-ring (bicyclic) bond motifs is 1. The number of hydrogen-bond donors (Lipinski definition) is 0. The summed E-state index contributed by atoms with van der Waals surface area (Å²) in [5.74, 6) is 2.40. The number of amides is 1. The zero-order chi connectivity index (χ0) is 24.1. The van der Waals surface area contributed by atoms with Crippen molar-refractivity contribution in [1.29, 1.82) is 0 Å². The molecule has 0 fully saturated rings. The maximum atomic E-state index is 13.5. The topological polar surface area (TPSA) is 48.0 Å². The lowest BCUT2D eigenvalue weighted by Crippen LogP contribution is -2.42. The highest BCUT2D eigenvalue weighted by Gasteiger charge is 2.32. The van der Waals surface area contributed by atoms with Gasteiger partial charge in [-0.15, -0.1) is 0 Å². The van der Waals surface area contributed by atoms with Gasteiger partial charge in [-0.2, -0.15) is 0 Å². The molecule has 4 rings (SSSR count). The van der Waals surface area contributed by atoms with E-state index in [0.29, 0.717) is 25.3 Å². The molecule has 5 nitrogen and oxygen atoms in total. The molecule has 6 heteroatoms. The van der Waals surface area contributed by atoms with E-state index in [1.807, 2.05) is 80.3 Å². The number of halogens is 1. The van der Waals surface area contributed by atoms with Crippen LogP contribution in [0.15, 0.2) is 71.2 Å². The van der Waals surface area contributed by atoms with Crippen LogP contribution in [-0.2, 0) is 6.42 Å². The van der Waals surface area contributed by atoms with Crippen molar-refractivity contribution in [3.63, 3.8) is 0 Å². The quantitative estimate of drug-likeness (QED) is 0.340. The van der Waals surface area contributed by atoms with Gasteiger partial charge < -0.3 is 19.1 Å². The van der Waals surface area contributed by atoms with Crippen LogP contribution < -0.4 is 14.2 Å². The Morgan fingerprint density at radius 2 is 1.71 bits per heavy atom. The van der Waals surface area contributed by atoms with Gasteiger partial charge in [0.25, 0.3) is 5.91 Å². The van der Waals surface area contributed by atoms with Crippen molar-refractivity contribution in [3.05, 3.63) is 87.9 Å². The van der Waals surface area contributed by atoms with Gasteiger partial charge in [0.2, 0.25) is 0 Å². The highest BCUT2D eigenvalue weighted by molar-refractivity contribution is 9.10. The molecular weight excluding hydrogens is 494 g/mol. The van der Waals surface area contributed by atoms with Crippen molar-refractivity contribution in [2.75, 3.05) is 19.8 Å². The fourth-order valence-electron chi connectivity index (χ4n) is 4.22. The first-order chi connectivity index (χ1) is 16.4. The van der Waals surface area contributed by atoms with Crippen molar-refractivity contribution >= 4 is 21.8 Å². The SMILES string of the molecule is CCOc1ccc(OCC2c3ccc(OC(C)C)cc3CCN2C(=O)c2cccc(Br)c2)cc1. The van der Waals surface area contributed by atoms with E-state index in [0.717, 1.165) is 33.7 Å². The molecule has 3 aromatic rings. The van der Waals surface area contributed by atoms with Gasteiger partial charge in [-0.3, -0.25) is 4.79 Å². The van der Waals surface area contributed by atoms with Crippen LogP contribution in [0.3, 0.4) is 0 Å². The fraction of sp³-hybridized carbons (Fsp3) is 0.321. The first-order valence-electron chi connectivity index (χ1n) is 11.7. The molecule has 1 unspecified atom stereocenters. The molecule has 0 aromatic heterocycles. The third-order valence-corrected chi connectivity index (χ3v) is 6.21. The van der Waals surface area contributed by atoms with Crippen molar-refractivity contribution < 1.29 is 19.0 Å². The van der Waals surface area contributed by atoms with E-state index in [9.17, 15) is 4.79 Å².